The van der Waals surface area contributed by atoms with Crippen LogP contribution in [0.25, 0.3) is 0 Å². The predicted octanol–water partition coefficient (Wildman–Crippen LogP) is 1.12. The molecule has 0 heterocycles. The number of hydrogen-bond acceptors (Lipinski definition) is 2. The van der Waals surface area contributed by atoms with Gasteiger partial charge in [0, 0.05) is 6.04 Å². The Labute approximate surface area is 72.3 Å². The number of hydrogen-bond donors (Lipinski definition) is 1. The van der Waals surface area contributed by atoms with E-state index in [-0.39, 0.29) is 6.04 Å². The van der Waals surface area contributed by atoms with Crippen LogP contribution in [0, 0.1) is 0 Å². The maximum Gasteiger partial charge on any atom is 0.122 e. The molecule has 64 valence electrons. The minimum absolute atomic E-state index is 0.288. The Morgan fingerprint density at radius 3 is 3.00 bits per heavy atom. The van der Waals surface area contributed by atoms with Crippen molar-refractivity contribution in [3.63, 3.8) is 0 Å². The van der Waals surface area contributed by atoms with Crippen LogP contribution in [-0.2, 0) is 12.8 Å². The molecule has 2 heteroatoms. The smallest absolute Gasteiger partial charge is 0.122 e. The van der Waals surface area contributed by atoms with Crippen LogP contribution in [0.3, 0.4) is 0 Å². The van der Waals surface area contributed by atoms with Gasteiger partial charge in [-0.05, 0) is 30.0 Å². The molecule has 12 heavy (non-hydrogen) atoms. The van der Waals surface area contributed by atoms with Crippen LogP contribution in [0.15, 0.2) is 18.2 Å². The topological polar surface area (TPSA) is 35.2 Å². The molecule has 0 amide bonds. The van der Waals surface area contributed by atoms with Crippen molar-refractivity contribution >= 4 is 0 Å². The number of rotatable bonds is 1. The second-order valence-electron chi connectivity index (χ2n) is 3.27. The van der Waals surface area contributed by atoms with Gasteiger partial charge in [-0.2, -0.15) is 0 Å². The standard InChI is InChI=1S/C10H13NO/c1-12-10-4-2-3-7-5-8(11)6-9(7)10/h2-4,8H,5-6,11H2,1H3/t8-/m1/s1. The third-order valence-corrected chi connectivity index (χ3v) is 2.40. The molecule has 2 N–H and O–H groups in total. The van der Waals surface area contributed by atoms with Crippen LogP contribution >= 0.6 is 0 Å². The summed E-state index contributed by atoms with van der Waals surface area (Å²) in [6.07, 6.45) is 1.95. The van der Waals surface area contributed by atoms with Crippen LogP contribution < -0.4 is 10.5 Å². The first-order valence-corrected chi connectivity index (χ1v) is 4.21. The highest BCUT2D eigenvalue weighted by atomic mass is 16.5. The zero-order valence-electron chi connectivity index (χ0n) is 7.21. The Balaban J connectivity index is 2.44. The van der Waals surface area contributed by atoms with Crippen LogP contribution in [0.2, 0.25) is 0 Å². The van der Waals surface area contributed by atoms with Gasteiger partial charge in [-0.25, -0.2) is 0 Å². The van der Waals surface area contributed by atoms with E-state index in [1.807, 2.05) is 12.1 Å². The highest BCUT2D eigenvalue weighted by molar-refractivity contribution is 5.44. The summed E-state index contributed by atoms with van der Waals surface area (Å²) in [6, 6.07) is 6.44. The molecule has 1 aromatic rings. The first-order valence-electron chi connectivity index (χ1n) is 4.21. The van der Waals surface area contributed by atoms with Crippen molar-refractivity contribution in [3.8, 4) is 5.75 Å². The van der Waals surface area contributed by atoms with Crippen LogP contribution in [0.1, 0.15) is 11.1 Å². The summed E-state index contributed by atoms with van der Waals surface area (Å²) in [5, 5.41) is 0. The number of methoxy groups -OCH3 is 1. The number of fused-ring (bicyclic) bond motifs is 1. The second-order valence-corrected chi connectivity index (χ2v) is 3.27. The highest BCUT2D eigenvalue weighted by Crippen LogP contribution is 2.29. The van der Waals surface area contributed by atoms with E-state index in [4.69, 9.17) is 10.5 Å². The molecule has 0 spiro atoms. The van der Waals surface area contributed by atoms with E-state index in [9.17, 15) is 0 Å². The molecular weight excluding hydrogens is 150 g/mol. The Hall–Kier alpha value is -1.02. The lowest BCUT2D eigenvalue weighted by Gasteiger charge is -2.05. The zero-order chi connectivity index (χ0) is 8.55. The zero-order valence-corrected chi connectivity index (χ0v) is 7.21. The molecule has 1 aliphatic carbocycles. The second kappa shape index (κ2) is 2.79. The average Bonchev–Trinajstić information content (AvgIpc) is 2.44. The first-order chi connectivity index (χ1) is 5.81. The van der Waals surface area contributed by atoms with E-state index in [2.05, 4.69) is 6.07 Å². The van der Waals surface area contributed by atoms with Crippen molar-refractivity contribution < 1.29 is 4.74 Å². The summed E-state index contributed by atoms with van der Waals surface area (Å²) in [5.41, 5.74) is 8.50. The molecule has 2 rings (SSSR count). The summed E-state index contributed by atoms with van der Waals surface area (Å²) >= 11 is 0. The Morgan fingerprint density at radius 2 is 2.25 bits per heavy atom. The molecule has 0 saturated heterocycles. The van der Waals surface area contributed by atoms with Crippen molar-refractivity contribution in [3.05, 3.63) is 29.3 Å². The van der Waals surface area contributed by atoms with E-state index < -0.39 is 0 Å². The molecule has 1 aliphatic rings. The quantitative estimate of drug-likeness (QED) is 0.673. The monoisotopic (exact) mass is 163 g/mol. The number of nitrogens with two attached hydrogens (primary N) is 1. The summed E-state index contributed by atoms with van der Waals surface area (Å²) in [5.74, 6) is 0.987. The van der Waals surface area contributed by atoms with Gasteiger partial charge in [-0.3, -0.25) is 0 Å². The Morgan fingerprint density at radius 1 is 1.42 bits per heavy atom. The van der Waals surface area contributed by atoms with Crippen molar-refractivity contribution in [2.24, 2.45) is 5.73 Å². The van der Waals surface area contributed by atoms with E-state index in [0.717, 1.165) is 18.6 Å². The average molecular weight is 163 g/mol. The molecule has 0 bridgehead atoms. The lowest BCUT2D eigenvalue weighted by molar-refractivity contribution is 0.410. The van der Waals surface area contributed by atoms with E-state index in [0.29, 0.717) is 0 Å². The molecule has 1 aromatic carbocycles. The van der Waals surface area contributed by atoms with E-state index in [1.165, 1.54) is 11.1 Å². The van der Waals surface area contributed by atoms with Gasteiger partial charge in [0.05, 0.1) is 7.11 Å². The lowest BCUT2D eigenvalue weighted by atomic mass is 10.1. The normalized spacial score (nSPS) is 20.7. The van der Waals surface area contributed by atoms with Crippen molar-refractivity contribution in [1.82, 2.24) is 0 Å². The molecule has 0 saturated carbocycles. The number of benzene rings is 1. The fraction of sp³-hybridized carbons (Fsp3) is 0.400. The Kier molecular flexibility index (Phi) is 1.77. The lowest BCUT2D eigenvalue weighted by Crippen LogP contribution is -2.19. The van der Waals surface area contributed by atoms with Crippen LogP contribution in [0.4, 0.5) is 0 Å². The van der Waals surface area contributed by atoms with Crippen LogP contribution in [0.5, 0.6) is 5.75 Å². The summed E-state index contributed by atoms with van der Waals surface area (Å²) in [7, 11) is 1.71. The molecule has 0 aromatic heterocycles. The molecule has 0 fully saturated rings. The van der Waals surface area contributed by atoms with Crippen molar-refractivity contribution in [2.75, 3.05) is 7.11 Å². The van der Waals surface area contributed by atoms with E-state index >= 15 is 0 Å². The molecule has 0 radical (unpaired) electrons. The fourth-order valence-corrected chi connectivity index (χ4v) is 1.84. The molecule has 2 nitrogen and oxygen atoms in total. The maximum atomic E-state index is 5.85. The van der Waals surface area contributed by atoms with Gasteiger partial charge in [0.1, 0.15) is 5.75 Å². The van der Waals surface area contributed by atoms with E-state index in [1.54, 1.807) is 7.11 Å². The molecule has 1 atom stereocenters. The summed E-state index contributed by atoms with van der Waals surface area (Å²) in [6.45, 7) is 0. The predicted molar refractivity (Wildman–Crippen MR) is 48.4 cm³/mol. The highest BCUT2D eigenvalue weighted by Gasteiger charge is 2.20. The summed E-state index contributed by atoms with van der Waals surface area (Å²) < 4.78 is 5.25. The molecule has 0 aliphatic heterocycles. The molecule has 0 unspecified atom stereocenters. The molecular formula is C10H13NO. The van der Waals surface area contributed by atoms with Gasteiger partial charge in [-0.1, -0.05) is 12.1 Å². The van der Waals surface area contributed by atoms with Gasteiger partial charge < -0.3 is 10.5 Å². The maximum absolute atomic E-state index is 5.85. The van der Waals surface area contributed by atoms with Crippen molar-refractivity contribution in [1.29, 1.82) is 0 Å². The van der Waals surface area contributed by atoms with Gasteiger partial charge in [0.25, 0.3) is 0 Å². The minimum atomic E-state index is 0.288. The first kappa shape index (κ1) is 7.62. The summed E-state index contributed by atoms with van der Waals surface area (Å²) in [4.78, 5) is 0. The minimum Gasteiger partial charge on any atom is -0.496 e. The number of ether oxygens (including phenoxy) is 1. The van der Waals surface area contributed by atoms with Gasteiger partial charge in [0.2, 0.25) is 0 Å². The largest absolute Gasteiger partial charge is 0.496 e. The third kappa shape index (κ3) is 1.08. The van der Waals surface area contributed by atoms with Gasteiger partial charge in [0.15, 0.2) is 0 Å². The van der Waals surface area contributed by atoms with Gasteiger partial charge >= 0.3 is 0 Å². The Bertz CT molecular complexity index is 296. The third-order valence-electron chi connectivity index (χ3n) is 2.40. The van der Waals surface area contributed by atoms with Crippen molar-refractivity contribution in [2.45, 2.75) is 18.9 Å². The van der Waals surface area contributed by atoms with Gasteiger partial charge in [-0.15, -0.1) is 0 Å². The fourth-order valence-electron chi connectivity index (χ4n) is 1.84. The SMILES string of the molecule is COc1cccc2c1C[C@H](N)C2. The van der Waals surface area contributed by atoms with Crippen LogP contribution in [-0.4, -0.2) is 13.2 Å².